The third kappa shape index (κ3) is 4.07. The molecule has 7 nitrogen and oxygen atoms in total. The summed E-state index contributed by atoms with van der Waals surface area (Å²) in [7, 11) is 0. The molecule has 1 aliphatic rings. The van der Waals surface area contributed by atoms with E-state index >= 15 is 0 Å². The lowest BCUT2D eigenvalue weighted by molar-refractivity contribution is -0.137. The number of aryl methyl sites for hydroxylation is 2. The molecule has 1 aliphatic carbocycles. The molecule has 0 saturated heterocycles. The first-order valence-corrected chi connectivity index (χ1v) is 10.6. The number of carbonyl (C=O) groups excluding carboxylic acids is 1. The predicted molar refractivity (Wildman–Crippen MR) is 117 cm³/mol. The van der Waals surface area contributed by atoms with Crippen molar-refractivity contribution < 1.29 is 22.4 Å². The second kappa shape index (κ2) is 8.12. The van der Waals surface area contributed by atoms with Gasteiger partial charge in [-0.3, -0.25) is 4.79 Å². The maximum Gasteiger partial charge on any atom is 0.416 e. The van der Waals surface area contributed by atoms with E-state index in [9.17, 15) is 18.0 Å². The summed E-state index contributed by atoms with van der Waals surface area (Å²) in [6.07, 6.45) is -2.31. The Balaban J connectivity index is 1.62. The van der Waals surface area contributed by atoms with Crippen LogP contribution in [0.2, 0.25) is 0 Å². The van der Waals surface area contributed by atoms with E-state index in [1.165, 1.54) is 16.8 Å². The minimum atomic E-state index is -4.49. The summed E-state index contributed by atoms with van der Waals surface area (Å²) < 4.78 is 46.6. The van der Waals surface area contributed by atoms with E-state index in [-0.39, 0.29) is 29.6 Å². The maximum absolute atomic E-state index is 13.3. The van der Waals surface area contributed by atoms with Crippen LogP contribution < -0.4 is 5.32 Å². The number of rotatable bonds is 4. The zero-order valence-corrected chi connectivity index (χ0v) is 18.3. The van der Waals surface area contributed by atoms with Crippen LogP contribution in [0.1, 0.15) is 51.1 Å². The number of hydrogen-bond donors (Lipinski definition) is 1. The fourth-order valence-electron chi connectivity index (χ4n) is 4.26. The van der Waals surface area contributed by atoms with Crippen molar-refractivity contribution >= 4 is 17.3 Å². The van der Waals surface area contributed by atoms with Gasteiger partial charge in [-0.05, 0) is 50.2 Å². The Kier molecular flexibility index (Phi) is 5.22. The van der Waals surface area contributed by atoms with Gasteiger partial charge in [-0.25, -0.2) is 14.6 Å². The van der Waals surface area contributed by atoms with Crippen LogP contribution >= 0.6 is 0 Å². The lowest BCUT2D eigenvalue weighted by Gasteiger charge is -2.21. The molecule has 0 radical (unpaired) electrons. The number of fused-ring (bicyclic) bond motifs is 1. The van der Waals surface area contributed by atoms with Crippen LogP contribution in [0, 0.1) is 13.8 Å². The highest BCUT2D eigenvalue weighted by Crippen LogP contribution is 2.38. The van der Waals surface area contributed by atoms with Crippen molar-refractivity contribution in [2.45, 2.75) is 38.8 Å². The molecule has 0 fully saturated rings. The summed E-state index contributed by atoms with van der Waals surface area (Å²) in [5, 5.41) is 7.46. The Morgan fingerprint density at radius 2 is 1.82 bits per heavy atom. The average Bonchev–Trinajstić information content (AvgIpc) is 3.41. The van der Waals surface area contributed by atoms with Crippen molar-refractivity contribution in [1.82, 2.24) is 19.7 Å². The Labute approximate surface area is 192 Å². The SMILES string of the molecule is Cc1cc(C)nc(-n2nc(Nc3cccc(C(F)(F)F)c3)c3c2CC(c2ccco2)CC3=O)n1. The highest BCUT2D eigenvalue weighted by Gasteiger charge is 2.36. The van der Waals surface area contributed by atoms with Gasteiger partial charge in [-0.2, -0.15) is 13.2 Å². The second-order valence-corrected chi connectivity index (χ2v) is 8.28. The van der Waals surface area contributed by atoms with Crippen molar-refractivity contribution in [2.24, 2.45) is 0 Å². The molecule has 5 rings (SSSR count). The van der Waals surface area contributed by atoms with Gasteiger partial charge in [0.15, 0.2) is 11.6 Å². The van der Waals surface area contributed by atoms with Crippen LogP contribution in [-0.4, -0.2) is 25.5 Å². The van der Waals surface area contributed by atoms with Crippen LogP contribution in [0.4, 0.5) is 24.7 Å². The van der Waals surface area contributed by atoms with Gasteiger partial charge in [0.1, 0.15) is 5.76 Å². The van der Waals surface area contributed by atoms with Gasteiger partial charge in [0.2, 0.25) is 0 Å². The van der Waals surface area contributed by atoms with Gasteiger partial charge in [0.05, 0.1) is 23.1 Å². The highest BCUT2D eigenvalue weighted by atomic mass is 19.4. The van der Waals surface area contributed by atoms with Gasteiger partial charge >= 0.3 is 6.18 Å². The number of alkyl halides is 3. The zero-order valence-electron chi connectivity index (χ0n) is 18.3. The minimum Gasteiger partial charge on any atom is -0.469 e. The molecule has 34 heavy (non-hydrogen) atoms. The monoisotopic (exact) mass is 467 g/mol. The number of nitrogens with zero attached hydrogens (tertiary/aromatic N) is 4. The van der Waals surface area contributed by atoms with Crippen molar-refractivity contribution in [3.8, 4) is 5.95 Å². The number of ketones is 1. The van der Waals surface area contributed by atoms with Gasteiger partial charge < -0.3 is 9.73 Å². The summed E-state index contributed by atoms with van der Waals surface area (Å²) >= 11 is 0. The van der Waals surface area contributed by atoms with Crippen molar-refractivity contribution in [3.63, 3.8) is 0 Å². The van der Waals surface area contributed by atoms with Crippen molar-refractivity contribution in [1.29, 1.82) is 0 Å². The van der Waals surface area contributed by atoms with E-state index in [4.69, 9.17) is 4.42 Å². The first-order chi connectivity index (χ1) is 16.2. The van der Waals surface area contributed by atoms with E-state index in [0.717, 1.165) is 23.5 Å². The van der Waals surface area contributed by atoms with Gasteiger partial charge in [-0.15, -0.1) is 5.10 Å². The molecule has 0 spiro atoms. The first kappa shape index (κ1) is 21.9. The van der Waals surface area contributed by atoms with Crippen LogP contribution in [0.3, 0.4) is 0 Å². The molecule has 1 N–H and O–H groups in total. The Bertz CT molecular complexity index is 1360. The van der Waals surface area contributed by atoms with E-state index in [1.807, 2.05) is 26.0 Å². The number of anilines is 2. The van der Waals surface area contributed by atoms with Crippen LogP contribution in [0.25, 0.3) is 5.95 Å². The van der Waals surface area contributed by atoms with E-state index in [1.54, 1.807) is 12.3 Å². The Morgan fingerprint density at radius 3 is 2.50 bits per heavy atom. The highest BCUT2D eigenvalue weighted by molar-refractivity contribution is 6.03. The smallest absolute Gasteiger partial charge is 0.416 e. The number of benzene rings is 1. The number of aromatic nitrogens is 4. The molecule has 3 aromatic heterocycles. The third-order valence-corrected chi connectivity index (χ3v) is 5.69. The molecule has 0 bridgehead atoms. The normalized spacial score (nSPS) is 15.9. The van der Waals surface area contributed by atoms with Crippen LogP contribution in [0.15, 0.2) is 53.1 Å². The number of nitrogens with one attached hydrogen (secondary N) is 1. The van der Waals surface area contributed by atoms with Crippen LogP contribution in [-0.2, 0) is 12.6 Å². The molecule has 10 heteroatoms. The second-order valence-electron chi connectivity index (χ2n) is 8.28. The number of halogens is 3. The summed E-state index contributed by atoms with van der Waals surface area (Å²) in [4.78, 5) is 22.2. The molecule has 0 aliphatic heterocycles. The standard InChI is InChI=1S/C24H20F3N5O2/c1-13-9-14(2)29-23(28-13)32-18-10-15(20-7-4-8-34-20)11-19(33)21(18)22(31-32)30-17-6-3-5-16(12-17)24(25,26)27/h3-9,12,15H,10-11H2,1-2H3,(H,30,31). The Morgan fingerprint density at radius 1 is 1.06 bits per heavy atom. The largest absolute Gasteiger partial charge is 0.469 e. The van der Waals surface area contributed by atoms with Crippen LogP contribution in [0.5, 0.6) is 0 Å². The zero-order chi connectivity index (χ0) is 24.0. The molecule has 0 saturated carbocycles. The van der Waals surface area contributed by atoms with Crippen molar-refractivity contribution in [3.05, 3.63) is 82.7 Å². The molecule has 174 valence electrons. The predicted octanol–water partition coefficient (Wildman–Crippen LogP) is 5.55. The summed E-state index contributed by atoms with van der Waals surface area (Å²) in [5.74, 6) is 0.754. The maximum atomic E-state index is 13.3. The molecule has 1 unspecified atom stereocenters. The summed E-state index contributed by atoms with van der Waals surface area (Å²) in [5.41, 5.74) is 1.73. The lowest BCUT2D eigenvalue weighted by Crippen LogP contribution is -2.21. The quantitative estimate of drug-likeness (QED) is 0.424. The first-order valence-electron chi connectivity index (χ1n) is 10.6. The van der Waals surface area contributed by atoms with Gasteiger partial charge in [0.25, 0.3) is 5.95 Å². The van der Waals surface area contributed by atoms with E-state index < -0.39 is 11.7 Å². The van der Waals surface area contributed by atoms with E-state index in [2.05, 4.69) is 20.4 Å². The fourth-order valence-corrected chi connectivity index (χ4v) is 4.26. The van der Waals surface area contributed by atoms with Crippen molar-refractivity contribution in [2.75, 3.05) is 5.32 Å². The number of carbonyl (C=O) groups is 1. The molecule has 3 heterocycles. The molecular formula is C24H20F3N5O2. The number of hydrogen-bond acceptors (Lipinski definition) is 6. The number of Topliss-reactive ketones (excluding diaryl/α,β-unsaturated/α-hetero) is 1. The number of furan rings is 1. The molecule has 1 aromatic carbocycles. The third-order valence-electron chi connectivity index (χ3n) is 5.69. The average molecular weight is 467 g/mol. The summed E-state index contributed by atoms with van der Waals surface area (Å²) in [6, 6.07) is 10.2. The van der Waals surface area contributed by atoms with E-state index in [0.29, 0.717) is 29.4 Å². The van der Waals surface area contributed by atoms with Gasteiger partial charge in [-0.1, -0.05) is 6.07 Å². The summed E-state index contributed by atoms with van der Waals surface area (Å²) in [6.45, 7) is 3.65. The van der Waals surface area contributed by atoms with Gasteiger partial charge in [0, 0.05) is 35.8 Å². The topological polar surface area (TPSA) is 85.8 Å². The molecule has 1 atom stereocenters. The molecular weight excluding hydrogens is 447 g/mol. The minimum absolute atomic E-state index is 0.167. The molecule has 4 aromatic rings. The fraction of sp³-hybridized carbons (Fsp3) is 0.250. The lowest BCUT2D eigenvalue weighted by atomic mass is 9.85. The Hall–Kier alpha value is -3.95. The molecule has 0 amide bonds.